The zero-order chi connectivity index (χ0) is 73.1. The number of carbonyl (C=O) groups excluding carboxylic acids is 7. The summed E-state index contributed by atoms with van der Waals surface area (Å²) in [6.45, 7) is 10.5. The Morgan fingerprint density at radius 2 is 1.13 bits per heavy atom. The van der Waals surface area contributed by atoms with Crippen molar-refractivity contribution in [2.45, 2.75) is 96.9 Å². The molecule has 24 nitrogen and oxygen atoms in total. The molecule has 11 rings (SSSR count). The lowest BCUT2D eigenvalue weighted by Crippen LogP contribution is -2.53. The number of ether oxygens (including phenoxy) is 8. The molecule has 0 spiro atoms. The molecule has 24 heteroatoms. The van der Waals surface area contributed by atoms with Gasteiger partial charge in [0.25, 0.3) is 11.8 Å². The van der Waals surface area contributed by atoms with Gasteiger partial charge in [-0.2, -0.15) is 0 Å². The fourth-order valence-electron chi connectivity index (χ4n) is 12.4. The molecule has 0 bridgehead atoms. The molecule has 0 fully saturated rings. The molecule has 5 heterocycles. The van der Waals surface area contributed by atoms with Crippen molar-refractivity contribution < 1.29 is 71.5 Å². The average Bonchev–Trinajstić information content (AvgIpc) is 1.58. The van der Waals surface area contributed by atoms with Gasteiger partial charge in [-0.05, 0) is 108 Å². The van der Waals surface area contributed by atoms with Crippen LogP contribution >= 0.6 is 0 Å². The molecule has 0 radical (unpaired) electrons. The van der Waals surface area contributed by atoms with Crippen LogP contribution < -0.4 is 45.1 Å². The minimum absolute atomic E-state index is 0.00480. The number of aryl methyl sites for hydroxylation is 1. The molecule has 5 aliphatic rings. The molecule has 0 aromatic heterocycles. The van der Waals surface area contributed by atoms with E-state index in [1.165, 1.54) is 7.11 Å². The monoisotopic (exact) mass is 1410 g/mol. The lowest BCUT2D eigenvalue weighted by atomic mass is 10.0. The third-order valence-electron chi connectivity index (χ3n) is 18.1. The fourth-order valence-corrected chi connectivity index (χ4v) is 12.4. The summed E-state index contributed by atoms with van der Waals surface area (Å²) < 4.78 is 45.7. The second kappa shape index (κ2) is 35.8. The molecule has 4 N–H and O–H groups in total. The van der Waals surface area contributed by atoms with Crippen molar-refractivity contribution in [3.63, 3.8) is 0 Å². The van der Waals surface area contributed by atoms with Crippen molar-refractivity contribution >= 4 is 87.7 Å². The summed E-state index contributed by atoms with van der Waals surface area (Å²) >= 11 is 0. The SMILES string of the molecule is COc1ccc(C2=CN3C(=O)c4cc(C)c(OCCCOc5cc6c(cc5OC)C(=O)N5C=C(c7ccc(NC(=O)[C@H](C)NC(=O)[C@@H](NC(=O)CCOCCOCCOCCOCCNC(=O)CCC(=O)N8Cc9ccccc9C#Cc9ccccc98)C(C)C)cc7)CC5C=N6)cc4N=C[C@@H]3C2)cc1. The molecule has 542 valence electrons. The Kier molecular flexibility index (Phi) is 25.5. The lowest BCUT2D eigenvalue weighted by Gasteiger charge is -2.26. The van der Waals surface area contributed by atoms with E-state index in [0.29, 0.717) is 111 Å². The Morgan fingerprint density at radius 1 is 0.567 bits per heavy atom. The summed E-state index contributed by atoms with van der Waals surface area (Å²) in [7, 11) is 3.15. The van der Waals surface area contributed by atoms with Crippen molar-refractivity contribution in [3.8, 4) is 34.8 Å². The molecule has 1 unspecified atom stereocenters. The second-order valence-electron chi connectivity index (χ2n) is 25.8. The maximum atomic E-state index is 14.2. The Labute approximate surface area is 605 Å². The summed E-state index contributed by atoms with van der Waals surface area (Å²) in [6.07, 6.45) is 9.05. The molecule has 6 aromatic rings. The van der Waals surface area contributed by atoms with E-state index in [9.17, 15) is 33.6 Å². The van der Waals surface area contributed by atoms with Gasteiger partial charge >= 0.3 is 0 Å². The van der Waals surface area contributed by atoms with Gasteiger partial charge < -0.3 is 73.9 Å². The molecule has 0 saturated carbocycles. The van der Waals surface area contributed by atoms with Crippen molar-refractivity contribution in [3.05, 3.63) is 178 Å². The molecule has 4 atom stereocenters. The van der Waals surface area contributed by atoms with Gasteiger partial charge in [0.1, 0.15) is 23.6 Å². The van der Waals surface area contributed by atoms with Crippen LogP contribution in [0.4, 0.5) is 22.7 Å². The predicted molar refractivity (Wildman–Crippen MR) is 394 cm³/mol. The largest absolute Gasteiger partial charge is 0.497 e. The van der Waals surface area contributed by atoms with Crippen LogP contribution in [0.2, 0.25) is 0 Å². The van der Waals surface area contributed by atoms with Gasteiger partial charge in [-0.1, -0.05) is 80.3 Å². The van der Waals surface area contributed by atoms with Crippen LogP contribution in [0.5, 0.6) is 23.0 Å². The molecule has 0 aliphatic carbocycles. The lowest BCUT2D eigenvalue weighted by molar-refractivity contribution is -0.132. The van der Waals surface area contributed by atoms with Crippen LogP contribution in [0.15, 0.2) is 144 Å². The van der Waals surface area contributed by atoms with E-state index in [1.54, 1.807) is 73.1 Å². The Hall–Kier alpha value is -11.0. The summed E-state index contributed by atoms with van der Waals surface area (Å²) in [6, 6.07) is 34.9. The highest BCUT2D eigenvalue weighted by Crippen LogP contribution is 2.41. The van der Waals surface area contributed by atoms with E-state index in [2.05, 4.69) is 33.1 Å². The Balaban J connectivity index is 0.532. The molecular formula is C80H87N9O15. The van der Waals surface area contributed by atoms with Crippen LogP contribution in [0, 0.1) is 24.7 Å². The third kappa shape index (κ3) is 19.0. The summed E-state index contributed by atoms with van der Waals surface area (Å²) in [5.41, 5.74) is 10.3. The quantitative estimate of drug-likeness (QED) is 0.0216. The molecule has 6 aromatic carbocycles. The number of aliphatic imine (C=N–C) groups is 2. The van der Waals surface area contributed by atoms with Gasteiger partial charge in [-0.3, -0.25) is 43.5 Å². The maximum absolute atomic E-state index is 14.2. The van der Waals surface area contributed by atoms with Crippen molar-refractivity contribution in [1.29, 1.82) is 0 Å². The molecule has 0 saturated heterocycles. The van der Waals surface area contributed by atoms with Crippen LogP contribution in [0.1, 0.15) is 113 Å². The first-order valence-electron chi connectivity index (χ1n) is 35.0. The zero-order valence-corrected chi connectivity index (χ0v) is 59.3. The van der Waals surface area contributed by atoms with E-state index in [1.807, 2.05) is 123 Å². The number of nitrogens with zero attached hydrogens (tertiary/aromatic N) is 5. The Bertz CT molecular complexity index is 4330. The first-order valence-corrected chi connectivity index (χ1v) is 35.0. The number of para-hydroxylation sites is 1. The molecular weight excluding hydrogens is 1330 g/mol. The van der Waals surface area contributed by atoms with Crippen LogP contribution in [0.3, 0.4) is 0 Å². The van der Waals surface area contributed by atoms with Crippen molar-refractivity contribution in [2.75, 3.05) is 97.0 Å². The number of nitrogens with one attached hydrogen (secondary N) is 4. The minimum atomic E-state index is -0.944. The number of hydrogen-bond acceptors (Lipinski definition) is 17. The smallest absolute Gasteiger partial charge is 0.260 e. The van der Waals surface area contributed by atoms with Gasteiger partial charge in [-0.25, -0.2) is 0 Å². The topological polar surface area (TPSA) is 276 Å². The highest BCUT2D eigenvalue weighted by molar-refractivity contribution is 6.07. The van der Waals surface area contributed by atoms with Gasteiger partial charge in [0.05, 0.1) is 127 Å². The van der Waals surface area contributed by atoms with Crippen molar-refractivity contribution in [2.24, 2.45) is 15.9 Å². The standard InChI is InChI=1S/C80H87N9O15/c1-51(2)76(86-74(91)28-32-99-34-36-101-38-39-102-37-35-100-33-29-81-73(90)26-27-75(92)89-48-58-14-8-7-12-54(58)16-17-57-13-9-10-15-69(57)89)78(94)84-53(4)77(93)85-61-22-18-55(19-23-61)59-41-63-47-83-68-45-72(71(98-6)43-66(68)80(96)88(63)49-59)104-31-11-30-103-70-44-67-65(40-52(70)3)79(95)87-50-60(42-62(87)46-82-67)56-20-24-64(97-5)25-21-56/h7-10,12-15,18-25,40,43-47,49-51,53,62-63,76H,11,26-39,41-42,48H2,1-6H3,(H,81,90)(H,84,94)(H,85,93)(H,86,91)/t53-,62-,63?,76-/m0/s1. The predicted octanol–water partition coefficient (Wildman–Crippen LogP) is 9.69. The molecule has 7 amide bonds. The van der Waals surface area contributed by atoms with E-state index >= 15 is 0 Å². The summed E-state index contributed by atoms with van der Waals surface area (Å²) in [4.78, 5) is 108. The number of rotatable bonds is 34. The highest BCUT2D eigenvalue weighted by Gasteiger charge is 2.36. The van der Waals surface area contributed by atoms with Gasteiger partial charge in [-0.15, -0.1) is 0 Å². The van der Waals surface area contributed by atoms with Gasteiger partial charge in [0.2, 0.25) is 29.5 Å². The van der Waals surface area contributed by atoms with E-state index in [4.69, 9.17) is 47.9 Å². The number of fused-ring (bicyclic) bond motifs is 6. The van der Waals surface area contributed by atoms with E-state index < -0.39 is 23.9 Å². The van der Waals surface area contributed by atoms with Crippen LogP contribution in [0.25, 0.3) is 11.1 Å². The van der Waals surface area contributed by atoms with Gasteiger partial charge in [0, 0.05) is 98.8 Å². The second-order valence-corrected chi connectivity index (χ2v) is 25.8. The number of carbonyl (C=O) groups is 7. The van der Waals surface area contributed by atoms with Gasteiger partial charge in [0.15, 0.2) is 11.5 Å². The van der Waals surface area contributed by atoms with Crippen molar-refractivity contribution in [1.82, 2.24) is 25.8 Å². The number of benzene rings is 6. The summed E-state index contributed by atoms with van der Waals surface area (Å²) in [5, 5.41) is 11.2. The Morgan fingerprint density at radius 3 is 1.77 bits per heavy atom. The average molecular weight is 1410 g/mol. The summed E-state index contributed by atoms with van der Waals surface area (Å²) in [5.74, 6) is 6.18. The number of methoxy groups -OCH3 is 2. The van der Waals surface area contributed by atoms with E-state index in [-0.39, 0.29) is 99.8 Å². The number of anilines is 2. The number of amides is 7. The fraction of sp³-hybridized carbons (Fsp3) is 0.362. The maximum Gasteiger partial charge on any atom is 0.260 e. The molecule has 104 heavy (non-hydrogen) atoms. The van der Waals surface area contributed by atoms with Crippen LogP contribution in [-0.4, -0.2) is 175 Å². The molecule has 5 aliphatic heterocycles. The minimum Gasteiger partial charge on any atom is -0.497 e. The first kappa shape index (κ1) is 74.2. The number of hydrogen-bond donors (Lipinski definition) is 4. The first-order chi connectivity index (χ1) is 50.5. The van der Waals surface area contributed by atoms with E-state index in [0.717, 1.165) is 56.0 Å². The zero-order valence-electron chi connectivity index (χ0n) is 59.3. The third-order valence-corrected chi connectivity index (χ3v) is 18.1. The normalized spacial score (nSPS) is 15.9. The highest BCUT2D eigenvalue weighted by atomic mass is 16.6. The van der Waals surface area contributed by atoms with Crippen LogP contribution in [-0.2, 0) is 49.5 Å².